The van der Waals surface area contributed by atoms with Crippen LogP contribution in [0.25, 0.3) is 0 Å². The third kappa shape index (κ3) is 2.42. The molecule has 0 aromatic rings. The molecule has 0 spiro atoms. The van der Waals surface area contributed by atoms with Gasteiger partial charge in [0.1, 0.15) is 5.76 Å². The number of allylic oxidation sites excluding steroid dienone is 2. The third-order valence-corrected chi connectivity index (χ3v) is 3.66. The number of hydrogen-bond donors (Lipinski definition) is 0. The lowest BCUT2D eigenvalue weighted by molar-refractivity contribution is -0.137. The molecule has 0 bridgehead atoms. The van der Waals surface area contributed by atoms with E-state index in [-0.39, 0.29) is 5.97 Å². The zero-order chi connectivity index (χ0) is 11.6. The molecule has 15 heavy (non-hydrogen) atoms. The van der Waals surface area contributed by atoms with Crippen molar-refractivity contribution in [1.82, 2.24) is 0 Å². The number of esters is 1. The van der Waals surface area contributed by atoms with Crippen molar-refractivity contribution in [3.63, 3.8) is 0 Å². The van der Waals surface area contributed by atoms with E-state index >= 15 is 0 Å². The molecule has 1 rings (SSSR count). The minimum absolute atomic E-state index is 0.195. The first kappa shape index (κ1) is 12.3. The highest BCUT2D eigenvalue weighted by molar-refractivity contribution is 5.67. The fourth-order valence-electron chi connectivity index (χ4n) is 2.43. The van der Waals surface area contributed by atoms with Gasteiger partial charge in [-0.05, 0) is 44.1 Å². The lowest BCUT2D eigenvalue weighted by Gasteiger charge is -2.15. The van der Waals surface area contributed by atoms with Gasteiger partial charge in [0, 0.05) is 12.8 Å². The molecule has 0 aliphatic heterocycles. The first-order valence-electron chi connectivity index (χ1n) is 5.82. The average molecular weight is 210 g/mol. The Bertz CT molecular complexity index is 281. The third-order valence-electron chi connectivity index (χ3n) is 3.66. The average Bonchev–Trinajstić information content (AvgIpc) is 2.88. The second-order valence-electron chi connectivity index (χ2n) is 4.78. The molecule has 1 saturated carbocycles. The van der Waals surface area contributed by atoms with Crippen LogP contribution in [0.2, 0.25) is 0 Å². The van der Waals surface area contributed by atoms with Gasteiger partial charge >= 0.3 is 5.97 Å². The van der Waals surface area contributed by atoms with E-state index in [9.17, 15) is 4.79 Å². The fraction of sp³-hybridized carbons (Fsp3) is 0.769. The van der Waals surface area contributed by atoms with Gasteiger partial charge in [0.2, 0.25) is 0 Å². The molecule has 1 atom stereocenters. The van der Waals surface area contributed by atoms with E-state index in [1.807, 2.05) is 13.8 Å². The number of rotatable bonds is 4. The van der Waals surface area contributed by atoms with E-state index in [0.29, 0.717) is 11.3 Å². The molecule has 1 unspecified atom stereocenters. The Morgan fingerprint density at radius 2 is 1.80 bits per heavy atom. The van der Waals surface area contributed by atoms with Crippen molar-refractivity contribution in [2.24, 2.45) is 11.3 Å². The van der Waals surface area contributed by atoms with Crippen molar-refractivity contribution in [3.8, 4) is 0 Å². The lowest BCUT2D eigenvalue weighted by Crippen LogP contribution is -2.08. The highest BCUT2D eigenvalue weighted by Gasteiger charge is 2.54. The normalized spacial score (nSPS) is 22.1. The maximum absolute atomic E-state index is 11.0. The second-order valence-corrected chi connectivity index (χ2v) is 4.78. The maximum Gasteiger partial charge on any atom is 0.307 e. The van der Waals surface area contributed by atoms with Gasteiger partial charge in [0.25, 0.3) is 0 Å². The minimum atomic E-state index is -0.195. The van der Waals surface area contributed by atoms with Gasteiger partial charge < -0.3 is 4.74 Å². The second kappa shape index (κ2) is 4.38. The van der Waals surface area contributed by atoms with Crippen molar-refractivity contribution < 1.29 is 9.53 Å². The summed E-state index contributed by atoms with van der Waals surface area (Å²) in [6.45, 7) is 9.96. The standard InChI is InChI=1S/C13H22O2/c1-6-13(7-2)8-11(13)12(9(3)4)15-10(5)14/h11H,6-8H2,1-5H3. The predicted molar refractivity (Wildman–Crippen MR) is 61.3 cm³/mol. The molecule has 1 aliphatic rings. The molecule has 0 heterocycles. The van der Waals surface area contributed by atoms with Crippen LogP contribution in [0.1, 0.15) is 53.9 Å². The van der Waals surface area contributed by atoms with Crippen LogP contribution in [-0.2, 0) is 9.53 Å². The first-order chi connectivity index (χ1) is 6.96. The van der Waals surface area contributed by atoms with Crippen molar-refractivity contribution in [1.29, 1.82) is 0 Å². The summed E-state index contributed by atoms with van der Waals surface area (Å²) < 4.78 is 5.34. The highest BCUT2D eigenvalue weighted by Crippen LogP contribution is 2.61. The Kier molecular flexibility index (Phi) is 3.58. The quantitative estimate of drug-likeness (QED) is 0.522. The summed E-state index contributed by atoms with van der Waals surface area (Å²) in [4.78, 5) is 11.0. The molecule has 1 aliphatic carbocycles. The summed E-state index contributed by atoms with van der Waals surface area (Å²) in [6.07, 6.45) is 3.52. The van der Waals surface area contributed by atoms with Crippen molar-refractivity contribution in [2.75, 3.05) is 0 Å². The van der Waals surface area contributed by atoms with Gasteiger partial charge in [-0.1, -0.05) is 13.8 Å². The van der Waals surface area contributed by atoms with Crippen LogP contribution in [0.5, 0.6) is 0 Å². The number of carbonyl (C=O) groups excluding carboxylic acids is 1. The molecule has 0 saturated heterocycles. The van der Waals surface area contributed by atoms with Crippen LogP contribution in [0.4, 0.5) is 0 Å². The molecule has 1 fully saturated rings. The Morgan fingerprint density at radius 3 is 2.07 bits per heavy atom. The molecule has 0 aromatic carbocycles. The summed E-state index contributed by atoms with van der Waals surface area (Å²) in [5, 5.41) is 0. The van der Waals surface area contributed by atoms with Crippen LogP contribution in [0.15, 0.2) is 11.3 Å². The van der Waals surface area contributed by atoms with E-state index in [0.717, 1.165) is 11.3 Å². The van der Waals surface area contributed by atoms with Crippen LogP contribution in [-0.4, -0.2) is 5.97 Å². The van der Waals surface area contributed by atoms with Crippen molar-refractivity contribution >= 4 is 5.97 Å². The topological polar surface area (TPSA) is 26.3 Å². The van der Waals surface area contributed by atoms with E-state index in [4.69, 9.17) is 4.74 Å². The molecule has 0 N–H and O–H groups in total. The Hall–Kier alpha value is -0.790. The molecule has 86 valence electrons. The molecule has 2 heteroatoms. The van der Waals surface area contributed by atoms with E-state index in [1.165, 1.54) is 26.2 Å². The summed E-state index contributed by atoms with van der Waals surface area (Å²) in [6, 6.07) is 0. The van der Waals surface area contributed by atoms with Gasteiger partial charge in [0.15, 0.2) is 0 Å². The zero-order valence-electron chi connectivity index (χ0n) is 10.5. The number of hydrogen-bond acceptors (Lipinski definition) is 2. The van der Waals surface area contributed by atoms with Crippen LogP contribution in [0.3, 0.4) is 0 Å². The van der Waals surface area contributed by atoms with Crippen LogP contribution < -0.4 is 0 Å². The number of carbonyl (C=O) groups is 1. The van der Waals surface area contributed by atoms with Crippen LogP contribution >= 0.6 is 0 Å². The monoisotopic (exact) mass is 210 g/mol. The maximum atomic E-state index is 11.0. The summed E-state index contributed by atoms with van der Waals surface area (Å²) >= 11 is 0. The summed E-state index contributed by atoms with van der Waals surface area (Å²) in [5.74, 6) is 1.20. The van der Waals surface area contributed by atoms with Crippen molar-refractivity contribution in [3.05, 3.63) is 11.3 Å². The largest absolute Gasteiger partial charge is 0.431 e. The van der Waals surface area contributed by atoms with E-state index in [1.54, 1.807) is 0 Å². The first-order valence-corrected chi connectivity index (χ1v) is 5.82. The molecular formula is C13H22O2. The smallest absolute Gasteiger partial charge is 0.307 e. The zero-order valence-corrected chi connectivity index (χ0v) is 10.5. The SMILES string of the molecule is CCC1(CC)CC1C(OC(C)=O)=C(C)C. The lowest BCUT2D eigenvalue weighted by atomic mass is 9.95. The highest BCUT2D eigenvalue weighted by atomic mass is 16.5. The Labute approximate surface area is 92.7 Å². The minimum Gasteiger partial charge on any atom is -0.431 e. The van der Waals surface area contributed by atoms with Crippen molar-refractivity contribution in [2.45, 2.75) is 53.9 Å². The predicted octanol–water partition coefficient (Wildman–Crippen LogP) is 3.67. The molecule has 0 radical (unpaired) electrons. The van der Waals surface area contributed by atoms with E-state index in [2.05, 4.69) is 13.8 Å². The Morgan fingerprint density at radius 1 is 1.27 bits per heavy atom. The van der Waals surface area contributed by atoms with E-state index < -0.39 is 0 Å². The van der Waals surface area contributed by atoms with Crippen LogP contribution in [0, 0.1) is 11.3 Å². The fourth-order valence-corrected chi connectivity index (χ4v) is 2.43. The molecule has 0 aromatic heterocycles. The van der Waals surface area contributed by atoms with Gasteiger partial charge in [-0.3, -0.25) is 4.79 Å². The summed E-state index contributed by atoms with van der Waals surface area (Å²) in [5.41, 5.74) is 1.54. The number of ether oxygens (including phenoxy) is 1. The van der Waals surface area contributed by atoms with Gasteiger partial charge in [-0.25, -0.2) is 0 Å². The molecule has 0 amide bonds. The van der Waals surface area contributed by atoms with Gasteiger partial charge in [-0.2, -0.15) is 0 Å². The molecule has 2 nitrogen and oxygen atoms in total. The summed E-state index contributed by atoms with van der Waals surface area (Å²) in [7, 11) is 0. The Balaban J connectivity index is 2.79. The van der Waals surface area contributed by atoms with Gasteiger partial charge in [-0.15, -0.1) is 0 Å². The van der Waals surface area contributed by atoms with Gasteiger partial charge in [0.05, 0.1) is 0 Å². The molecular weight excluding hydrogens is 188 g/mol.